The predicted octanol–water partition coefficient (Wildman–Crippen LogP) is 8.88. The van der Waals surface area contributed by atoms with Gasteiger partial charge in [-0.2, -0.15) is 8.78 Å². The highest BCUT2D eigenvalue weighted by molar-refractivity contribution is 7.55. The second-order valence-electron chi connectivity index (χ2n) is 26.7. The lowest BCUT2D eigenvalue weighted by molar-refractivity contribution is -0.163. The van der Waals surface area contributed by atoms with Crippen LogP contribution in [0.3, 0.4) is 0 Å². The minimum absolute atomic E-state index is 0.0597. The number of aryl methyl sites for hydroxylation is 4. The molecular formula is C71H92F2N7O17P. The molecule has 3 aromatic carbocycles. The summed E-state index contributed by atoms with van der Waals surface area (Å²) >= 11 is 0. The van der Waals surface area contributed by atoms with E-state index in [0.717, 1.165) is 59.6 Å². The third-order valence-corrected chi connectivity index (χ3v) is 19.0. The van der Waals surface area contributed by atoms with Crippen molar-refractivity contribution in [2.45, 2.75) is 175 Å². The highest BCUT2D eigenvalue weighted by Gasteiger charge is 2.56. The number of rotatable bonds is 34. The molecule has 0 spiro atoms. The van der Waals surface area contributed by atoms with Crippen molar-refractivity contribution in [3.63, 3.8) is 0 Å². The molecule has 1 unspecified atom stereocenters. The largest absolute Gasteiger partial charge is 0.438 e. The van der Waals surface area contributed by atoms with Crippen LogP contribution in [0.1, 0.15) is 141 Å². The number of fused-ring (bicyclic) bond motifs is 1. The van der Waals surface area contributed by atoms with Crippen LogP contribution >= 0.6 is 7.60 Å². The highest BCUT2D eigenvalue weighted by atomic mass is 31.2. The van der Waals surface area contributed by atoms with Crippen molar-refractivity contribution in [3.8, 4) is 0 Å². The number of nitrogens with zero attached hydrogens (tertiary/aromatic N) is 3. The topological polar surface area (TPSA) is 311 Å². The van der Waals surface area contributed by atoms with Gasteiger partial charge in [0, 0.05) is 51.2 Å². The summed E-state index contributed by atoms with van der Waals surface area (Å²) in [6.45, 7) is 17.0. The number of carbonyl (C=O) groups is 8. The Morgan fingerprint density at radius 2 is 1.39 bits per heavy atom. The van der Waals surface area contributed by atoms with Crippen LogP contribution in [0.2, 0.25) is 0 Å². The van der Waals surface area contributed by atoms with Gasteiger partial charge in [-0.15, -0.1) is 0 Å². The molecule has 5 N–H and O–H groups in total. The molecule has 0 saturated carbocycles. The first-order valence-electron chi connectivity index (χ1n) is 32.8. The van der Waals surface area contributed by atoms with E-state index < -0.39 is 115 Å². The number of imide groups is 1. The van der Waals surface area contributed by atoms with Gasteiger partial charge in [0.2, 0.25) is 49.0 Å². The molecule has 6 amide bonds. The van der Waals surface area contributed by atoms with Crippen molar-refractivity contribution in [2.75, 3.05) is 44.9 Å². The second-order valence-corrected chi connectivity index (χ2v) is 28.8. The molecule has 3 aliphatic rings. The number of hydrogen-bond acceptors (Lipinski definition) is 17. The maximum absolute atomic E-state index is 16.4. The SMILES string of the molecule is C=C\C(=C/C=C(C)/C(C)=C/C(=O)N[C@H]1CCc2cccc3c2N(C1=O)[C@H](C(=O)N[C@@H](CCC(N)=O)[C@@H](C)OCc1ccc(CCCOCCOCCCc2ccc4c(c2)n(C)c(=O)n4C2CCC(=O)NC2=O)cc1)C3)C(F)(F)P(=O)(OCOC(=O)C(C)(C)C)OCOC(=O)C(C)(C)C. The van der Waals surface area contributed by atoms with Crippen LogP contribution in [0, 0.1) is 10.8 Å². The molecule has 4 heterocycles. The van der Waals surface area contributed by atoms with E-state index >= 15 is 8.78 Å². The molecule has 1 fully saturated rings. The van der Waals surface area contributed by atoms with Crippen LogP contribution in [-0.4, -0.2) is 126 Å². The van der Waals surface area contributed by atoms with Crippen molar-refractivity contribution in [2.24, 2.45) is 23.6 Å². The lowest BCUT2D eigenvalue weighted by Gasteiger charge is -2.31. The fraction of sp³-hybridized carbons (Fsp3) is 0.507. The summed E-state index contributed by atoms with van der Waals surface area (Å²) in [6, 6.07) is 15.6. The Labute approximate surface area is 569 Å². The Hall–Kier alpha value is -8.26. The third-order valence-electron chi connectivity index (χ3n) is 17.2. The summed E-state index contributed by atoms with van der Waals surface area (Å²) in [7, 11) is -4.00. The summed E-state index contributed by atoms with van der Waals surface area (Å²) in [4.78, 5) is 119. The Morgan fingerprint density at radius 1 is 0.786 bits per heavy atom. The Kier molecular flexibility index (Phi) is 26.8. The molecule has 5 atom stereocenters. The van der Waals surface area contributed by atoms with Crippen molar-refractivity contribution < 1.29 is 84.4 Å². The van der Waals surface area contributed by atoms with Gasteiger partial charge in [0.05, 0.1) is 59.5 Å². The average molecular weight is 1380 g/mol. The van der Waals surface area contributed by atoms with Crippen molar-refractivity contribution in [3.05, 3.63) is 147 Å². The monoisotopic (exact) mass is 1380 g/mol. The van der Waals surface area contributed by atoms with Crippen LogP contribution in [-0.2, 0) is 115 Å². The molecule has 24 nitrogen and oxygen atoms in total. The molecule has 3 aliphatic heterocycles. The van der Waals surface area contributed by atoms with Crippen molar-refractivity contribution in [1.29, 1.82) is 0 Å². The maximum atomic E-state index is 16.4. The lowest BCUT2D eigenvalue weighted by atomic mass is 9.98. The van der Waals surface area contributed by atoms with Gasteiger partial charge in [0.25, 0.3) is 0 Å². The zero-order chi connectivity index (χ0) is 71.9. The number of ether oxygens (including phenoxy) is 5. The lowest BCUT2D eigenvalue weighted by Crippen LogP contribution is -2.56. The number of hydrogen-bond donors (Lipinski definition) is 4. The first kappa shape index (κ1) is 77.1. The van der Waals surface area contributed by atoms with Crippen LogP contribution in [0.15, 0.2) is 113 Å². The molecule has 7 rings (SSSR count). The number of halogens is 2. The first-order chi connectivity index (χ1) is 46.2. The standard InChI is InChI=1S/C71H92F2N7O17P/c1-12-52(71(72,73)98(90,96-42-94-66(87)69(5,6)7)97-43-95-67(88)70(8,9)10)27-20-44(2)45(3)38-61(83)75-54-28-26-50-18-13-19-51-40-58(80(62(50)51)65(54)86)64(85)76-53(29-32-59(74)81)46(4)93-41-49-23-21-47(22-24-49)16-14-34-91-36-37-92-35-15-17-48-25-30-55-57(39-48)78(11)68(89)79(55)56-31-33-60(82)77-63(56)84/h12-13,18-25,27,30,38-39,46,53-54,56,58H,1,14-17,26,28-29,31-37,40-43H2,2-11H3,(H2,74,81)(H,75,83)(H,76,85)(H,77,82,84)/b44-20+,45-38+,52-27+/t46-,53+,54+,56?,58+/m1/s1. The van der Waals surface area contributed by atoms with E-state index in [1.807, 2.05) is 60.7 Å². The Bertz CT molecular complexity index is 3790. The van der Waals surface area contributed by atoms with Crippen LogP contribution in [0.5, 0.6) is 0 Å². The minimum atomic E-state index is -5.67. The molecule has 1 aromatic heterocycles. The van der Waals surface area contributed by atoms with Gasteiger partial charge in [0.15, 0.2) is 0 Å². The number of aromatic nitrogens is 2. The molecule has 0 bridgehead atoms. The van der Waals surface area contributed by atoms with Crippen LogP contribution < -0.4 is 32.3 Å². The number of piperidine rings is 1. The van der Waals surface area contributed by atoms with E-state index in [2.05, 4.69) is 22.5 Å². The highest BCUT2D eigenvalue weighted by Crippen LogP contribution is 2.65. The number of para-hydroxylation sites is 1. The molecule has 1 saturated heterocycles. The van der Waals surface area contributed by atoms with Gasteiger partial charge in [-0.3, -0.25) is 71.3 Å². The minimum Gasteiger partial charge on any atom is -0.438 e. The number of allylic oxidation sites excluding steroid dienone is 6. The zero-order valence-corrected chi connectivity index (χ0v) is 58.4. The Morgan fingerprint density at radius 3 is 1.99 bits per heavy atom. The predicted molar refractivity (Wildman–Crippen MR) is 361 cm³/mol. The van der Waals surface area contributed by atoms with E-state index in [4.69, 9.17) is 38.5 Å². The number of benzene rings is 3. The normalized spacial score (nSPS) is 17.8. The second kappa shape index (κ2) is 34.0. The fourth-order valence-electron chi connectivity index (χ4n) is 11.2. The summed E-state index contributed by atoms with van der Waals surface area (Å²) in [5.41, 5.74) is 4.78. The number of nitrogens with two attached hydrogens (primary N) is 1. The quantitative estimate of drug-likeness (QED) is 0.00645. The summed E-state index contributed by atoms with van der Waals surface area (Å²) in [5, 5.41) is 8.17. The van der Waals surface area contributed by atoms with E-state index in [1.165, 1.54) is 81.6 Å². The van der Waals surface area contributed by atoms with Gasteiger partial charge < -0.3 is 40.1 Å². The fourth-order valence-corrected chi connectivity index (χ4v) is 12.5. The number of nitrogens with one attached hydrogen (secondary N) is 3. The molecular weight excluding hydrogens is 1290 g/mol. The molecule has 532 valence electrons. The number of imidazole rings is 1. The van der Waals surface area contributed by atoms with E-state index in [1.54, 1.807) is 14.0 Å². The average Bonchev–Trinajstić information content (AvgIpc) is 1.63. The number of alkyl halides is 2. The smallest absolute Gasteiger partial charge is 0.410 e. The van der Waals surface area contributed by atoms with Gasteiger partial charge in [0.1, 0.15) is 18.1 Å². The Balaban J connectivity index is 0.885. The van der Waals surface area contributed by atoms with Crippen LogP contribution in [0.25, 0.3) is 11.0 Å². The summed E-state index contributed by atoms with van der Waals surface area (Å²) < 4.78 is 87.4. The van der Waals surface area contributed by atoms with Gasteiger partial charge >= 0.3 is 30.9 Å². The number of amides is 6. The van der Waals surface area contributed by atoms with E-state index in [0.29, 0.717) is 55.6 Å². The van der Waals surface area contributed by atoms with Gasteiger partial charge in [-0.05, 0) is 165 Å². The summed E-state index contributed by atoms with van der Waals surface area (Å²) in [5.74, 6) is -4.83. The number of esters is 2. The summed E-state index contributed by atoms with van der Waals surface area (Å²) in [6.07, 6.45) is 7.64. The number of primary amides is 1. The first-order valence-corrected chi connectivity index (χ1v) is 34.3. The number of anilines is 1. The third kappa shape index (κ3) is 20.0. The van der Waals surface area contributed by atoms with E-state index in [9.17, 15) is 47.7 Å². The molecule has 27 heteroatoms. The van der Waals surface area contributed by atoms with E-state index in [-0.39, 0.29) is 67.9 Å². The molecule has 0 radical (unpaired) electrons. The van der Waals surface area contributed by atoms with Gasteiger partial charge in [-0.25, -0.2) is 4.79 Å². The molecule has 98 heavy (non-hydrogen) atoms. The van der Waals surface area contributed by atoms with Crippen LogP contribution in [0.4, 0.5) is 14.5 Å². The maximum Gasteiger partial charge on any atom is 0.410 e. The van der Waals surface area contributed by atoms with Gasteiger partial charge in [-0.1, -0.05) is 73.3 Å². The zero-order valence-electron chi connectivity index (χ0n) is 57.5. The van der Waals surface area contributed by atoms with Crippen molar-refractivity contribution >= 4 is 71.7 Å². The molecule has 4 aromatic rings. The molecule has 0 aliphatic carbocycles. The number of carbonyl (C=O) groups excluding carboxylic acids is 8. The van der Waals surface area contributed by atoms with Crippen molar-refractivity contribution in [1.82, 2.24) is 25.1 Å².